The van der Waals surface area contributed by atoms with Crippen molar-refractivity contribution in [3.8, 4) is 0 Å². The first-order valence-corrected chi connectivity index (χ1v) is 6.02. The molecule has 2 rings (SSSR count). The van der Waals surface area contributed by atoms with Gasteiger partial charge in [-0.1, -0.05) is 12.8 Å². The van der Waals surface area contributed by atoms with Crippen molar-refractivity contribution < 1.29 is 23.5 Å². The number of nitrogens with one attached hydrogen (secondary N) is 1. The van der Waals surface area contributed by atoms with Crippen LogP contribution >= 0.6 is 0 Å². The van der Waals surface area contributed by atoms with E-state index >= 15 is 0 Å². The summed E-state index contributed by atoms with van der Waals surface area (Å²) in [6.45, 7) is 0. The highest BCUT2D eigenvalue weighted by molar-refractivity contribution is 6.01. The molecule has 19 heavy (non-hydrogen) atoms. The first-order valence-electron chi connectivity index (χ1n) is 6.02. The van der Waals surface area contributed by atoms with Crippen LogP contribution in [0.25, 0.3) is 0 Å². The molecule has 6 heteroatoms. The summed E-state index contributed by atoms with van der Waals surface area (Å²) < 4.78 is 26.1. The van der Waals surface area contributed by atoms with Crippen LogP contribution < -0.4 is 5.32 Å². The normalized spacial score (nSPS) is 15.5. The van der Waals surface area contributed by atoms with Gasteiger partial charge in [-0.2, -0.15) is 0 Å². The van der Waals surface area contributed by atoms with Crippen LogP contribution in [0.2, 0.25) is 0 Å². The Balaban J connectivity index is 2.25. The molecule has 1 aromatic rings. The SMILES string of the molecule is O=C(O)c1cc(F)c(F)cc1NC(=O)C1CCCC1. The topological polar surface area (TPSA) is 66.4 Å². The number of rotatable bonds is 3. The molecule has 0 aliphatic heterocycles. The second kappa shape index (κ2) is 5.34. The summed E-state index contributed by atoms with van der Waals surface area (Å²) >= 11 is 0. The smallest absolute Gasteiger partial charge is 0.337 e. The van der Waals surface area contributed by atoms with Gasteiger partial charge < -0.3 is 10.4 Å². The zero-order chi connectivity index (χ0) is 14.0. The van der Waals surface area contributed by atoms with Gasteiger partial charge in [0.2, 0.25) is 5.91 Å². The molecule has 0 radical (unpaired) electrons. The fraction of sp³-hybridized carbons (Fsp3) is 0.385. The van der Waals surface area contributed by atoms with Crippen molar-refractivity contribution in [2.75, 3.05) is 5.32 Å². The van der Waals surface area contributed by atoms with Crippen LogP contribution in [0.1, 0.15) is 36.0 Å². The van der Waals surface area contributed by atoms with E-state index in [1.807, 2.05) is 0 Å². The maximum Gasteiger partial charge on any atom is 0.337 e. The predicted octanol–water partition coefficient (Wildman–Crippen LogP) is 2.79. The lowest BCUT2D eigenvalue weighted by atomic mass is 10.1. The van der Waals surface area contributed by atoms with Gasteiger partial charge in [-0.3, -0.25) is 4.79 Å². The number of anilines is 1. The molecule has 0 spiro atoms. The number of hydrogen-bond donors (Lipinski definition) is 2. The lowest BCUT2D eigenvalue weighted by Gasteiger charge is -2.12. The maximum atomic E-state index is 13.1. The summed E-state index contributed by atoms with van der Waals surface area (Å²) in [5, 5.41) is 11.3. The highest BCUT2D eigenvalue weighted by Crippen LogP contribution is 2.27. The average Bonchev–Trinajstić information content (AvgIpc) is 2.86. The Bertz CT molecular complexity index is 525. The zero-order valence-corrected chi connectivity index (χ0v) is 10.1. The molecular formula is C13H13F2NO3. The fourth-order valence-corrected chi connectivity index (χ4v) is 2.25. The molecule has 2 N–H and O–H groups in total. The largest absolute Gasteiger partial charge is 0.478 e. The molecule has 1 saturated carbocycles. The third-order valence-corrected chi connectivity index (χ3v) is 3.27. The number of carboxylic acids is 1. The summed E-state index contributed by atoms with van der Waals surface area (Å²) in [6, 6.07) is 1.27. The second-order valence-corrected chi connectivity index (χ2v) is 4.59. The first-order chi connectivity index (χ1) is 8.99. The van der Waals surface area contributed by atoms with Crippen LogP contribution in [0.15, 0.2) is 12.1 Å². The fourth-order valence-electron chi connectivity index (χ4n) is 2.25. The van der Waals surface area contributed by atoms with Crippen LogP contribution in [0.3, 0.4) is 0 Å². The number of benzene rings is 1. The van der Waals surface area contributed by atoms with E-state index in [0.717, 1.165) is 25.7 Å². The van der Waals surface area contributed by atoms with Gasteiger partial charge >= 0.3 is 5.97 Å². The van der Waals surface area contributed by atoms with E-state index in [9.17, 15) is 18.4 Å². The molecule has 1 aliphatic rings. The Kier molecular flexibility index (Phi) is 3.78. The van der Waals surface area contributed by atoms with Crippen LogP contribution in [-0.4, -0.2) is 17.0 Å². The van der Waals surface area contributed by atoms with E-state index in [2.05, 4.69) is 5.32 Å². The van der Waals surface area contributed by atoms with Crippen LogP contribution in [0, 0.1) is 17.6 Å². The number of aromatic carboxylic acids is 1. The van der Waals surface area contributed by atoms with Crippen LogP contribution in [0.5, 0.6) is 0 Å². The minimum atomic E-state index is -1.42. The maximum absolute atomic E-state index is 13.1. The molecular weight excluding hydrogens is 256 g/mol. The molecule has 102 valence electrons. The number of hydrogen-bond acceptors (Lipinski definition) is 2. The number of carbonyl (C=O) groups excluding carboxylic acids is 1. The van der Waals surface area contributed by atoms with Crippen molar-refractivity contribution >= 4 is 17.6 Å². The number of carbonyl (C=O) groups is 2. The Morgan fingerprint density at radius 3 is 2.32 bits per heavy atom. The number of halogens is 2. The van der Waals surface area contributed by atoms with Gasteiger partial charge in [-0.15, -0.1) is 0 Å². The lowest BCUT2D eigenvalue weighted by Crippen LogP contribution is -2.22. The Hall–Kier alpha value is -1.98. The predicted molar refractivity (Wildman–Crippen MR) is 63.9 cm³/mol. The average molecular weight is 269 g/mol. The third kappa shape index (κ3) is 2.89. The molecule has 1 aliphatic carbocycles. The van der Waals surface area contributed by atoms with Crippen molar-refractivity contribution in [1.82, 2.24) is 0 Å². The third-order valence-electron chi connectivity index (χ3n) is 3.27. The molecule has 0 heterocycles. The number of amides is 1. The first kappa shape index (κ1) is 13.5. The van der Waals surface area contributed by atoms with E-state index in [0.29, 0.717) is 12.1 Å². The summed E-state index contributed by atoms with van der Waals surface area (Å²) in [4.78, 5) is 22.8. The molecule has 1 aromatic carbocycles. The van der Waals surface area contributed by atoms with Gasteiger partial charge in [0.05, 0.1) is 11.3 Å². The van der Waals surface area contributed by atoms with E-state index in [4.69, 9.17) is 5.11 Å². The standard InChI is InChI=1S/C13H13F2NO3/c14-9-5-8(13(18)19)11(6-10(9)15)16-12(17)7-3-1-2-4-7/h5-7H,1-4H2,(H,16,17)(H,18,19). The van der Waals surface area contributed by atoms with Gasteiger partial charge in [-0.05, 0) is 18.9 Å². The molecule has 0 bridgehead atoms. The molecule has 1 amide bonds. The molecule has 0 unspecified atom stereocenters. The Morgan fingerprint density at radius 1 is 1.16 bits per heavy atom. The Morgan fingerprint density at radius 2 is 1.74 bits per heavy atom. The molecule has 1 fully saturated rings. The second-order valence-electron chi connectivity index (χ2n) is 4.59. The summed E-state index contributed by atoms with van der Waals surface area (Å²) in [6.07, 6.45) is 3.36. The quantitative estimate of drug-likeness (QED) is 0.886. The molecule has 4 nitrogen and oxygen atoms in total. The Labute approximate surface area is 108 Å². The summed E-state index contributed by atoms with van der Waals surface area (Å²) in [5.74, 6) is -4.38. The van der Waals surface area contributed by atoms with Crippen LogP contribution in [-0.2, 0) is 4.79 Å². The minimum absolute atomic E-state index is 0.185. The van der Waals surface area contributed by atoms with Gasteiger partial charge in [0.15, 0.2) is 11.6 Å². The lowest BCUT2D eigenvalue weighted by molar-refractivity contribution is -0.119. The van der Waals surface area contributed by atoms with E-state index < -0.39 is 23.2 Å². The van der Waals surface area contributed by atoms with Gasteiger partial charge in [-0.25, -0.2) is 13.6 Å². The van der Waals surface area contributed by atoms with Crippen molar-refractivity contribution in [2.45, 2.75) is 25.7 Å². The molecule has 0 saturated heterocycles. The van der Waals surface area contributed by atoms with Crippen molar-refractivity contribution in [3.05, 3.63) is 29.3 Å². The molecule has 0 aromatic heterocycles. The van der Waals surface area contributed by atoms with E-state index in [1.54, 1.807) is 0 Å². The van der Waals surface area contributed by atoms with Crippen molar-refractivity contribution in [3.63, 3.8) is 0 Å². The van der Waals surface area contributed by atoms with Gasteiger partial charge in [0.1, 0.15) is 0 Å². The van der Waals surface area contributed by atoms with Crippen LogP contribution in [0.4, 0.5) is 14.5 Å². The summed E-state index contributed by atoms with van der Waals surface area (Å²) in [7, 11) is 0. The highest BCUT2D eigenvalue weighted by Gasteiger charge is 2.24. The zero-order valence-electron chi connectivity index (χ0n) is 10.1. The highest BCUT2D eigenvalue weighted by atomic mass is 19.2. The van der Waals surface area contributed by atoms with E-state index in [-0.39, 0.29) is 17.5 Å². The van der Waals surface area contributed by atoms with E-state index in [1.165, 1.54) is 0 Å². The molecule has 0 atom stereocenters. The van der Waals surface area contributed by atoms with Crippen molar-refractivity contribution in [1.29, 1.82) is 0 Å². The summed E-state index contributed by atoms with van der Waals surface area (Å²) in [5.41, 5.74) is -0.659. The monoisotopic (exact) mass is 269 g/mol. The number of carboxylic acid groups (broad SMARTS) is 1. The van der Waals surface area contributed by atoms with Crippen molar-refractivity contribution in [2.24, 2.45) is 5.92 Å². The van der Waals surface area contributed by atoms with Gasteiger partial charge in [0, 0.05) is 12.0 Å². The minimum Gasteiger partial charge on any atom is -0.478 e. The van der Waals surface area contributed by atoms with Gasteiger partial charge in [0.25, 0.3) is 0 Å².